The van der Waals surface area contributed by atoms with Gasteiger partial charge in [-0.15, -0.1) is 11.8 Å². The smallest absolute Gasteiger partial charge is 0.161 e. The number of aliphatic imine (C=N–C) groups is 1. The minimum Gasteiger partial charge on any atom is -0.493 e. The molecule has 2 aromatic rings. The number of hydrogen-bond donors (Lipinski definition) is 0. The summed E-state index contributed by atoms with van der Waals surface area (Å²) in [6, 6.07) is 13.3. The molecule has 0 saturated carbocycles. The van der Waals surface area contributed by atoms with Gasteiger partial charge in [0, 0.05) is 28.5 Å². The second-order valence-corrected chi connectivity index (χ2v) is 8.11. The van der Waals surface area contributed by atoms with E-state index in [4.69, 9.17) is 14.5 Å². The lowest BCUT2D eigenvalue weighted by molar-refractivity contribution is 0.227. The predicted octanol–water partition coefficient (Wildman–Crippen LogP) is 4.06. The lowest BCUT2D eigenvalue weighted by Gasteiger charge is -2.39. The molecule has 27 heavy (non-hydrogen) atoms. The van der Waals surface area contributed by atoms with E-state index in [1.807, 2.05) is 0 Å². The molecule has 0 spiro atoms. The Balaban J connectivity index is 1.87. The number of fused-ring (bicyclic) bond motifs is 3. The first-order chi connectivity index (χ1) is 13.1. The van der Waals surface area contributed by atoms with Crippen molar-refractivity contribution in [3.8, 4) is 11.5 Å². The molecule has 0 aliphatic carbocycles. The van der Waals surface area contributed by atoms with E-state index >= 15 is 0 Å². The summed E-state index contributed by atoms with van der Waals surface area (Å²) in [6.07, 6.45) is 3.18. The normalized spacial score (nSPS) is 21.9. The Kier molecular flexibility index (Phi) is 5.15. The summed E-state index contributed by atoms with van der Waals surface area (Å²) in [6.45, 7) is 2.11. The van der Waals surface area contributed by atoms with Gasteiger partial charge in [-0.25, -0.2) is 0 Å². The summed E-state index contributed by atoms with van der Waals surface area (Å²) >= 11 is 1.76. The number of piperidine rings is 1. The lowest BCUT2D eigenvalue weighted by Crippen LogP contribution is -2.41. The number of likely N-dealkylation sites (tertiary alicyclic amines) is 1. The SMILES string of the molecule is COc1cc2c(cc1OC)[C@H]1CN(C)CC[C@H]1N=C2c1ccc(SC)cc1. The second-order valence-electron chi connectivity index (χ2n) is 7.23. The highest BCUT2D eigenvalue weighted by Gasteiger charge is 2.36. The number of thioether (sulfide) groups is 1. The first kappa shape index (κ1) is 18.4. The van der Waals surface area contributed by atoms with Crippen molar-refractivity contribution < 1.29 is 9.47 Å². The van der Waals surface area contributed by atoms with E-state index in [-0.39, 0.29) is 0 Å². The highest BCUT2D eigenvalue weighted by atomic mass is 32.2. The van der Waals surface area contributed by atoms with Crippen LogP contribution in [0.5, 0.6) is 11.5 Å². The first-order valence-electron chi connectivity index (χ1n) is 9.31. The van der Waals surface area contributed by atoms with Crippen LogP contribution in [0.1, 0.15) is 29.0 Å². The fourth-order valence-corrected chi connectivity index (χ4v) is 4.59. The van der Waals surface area contributed by atoms with E-state index in [9.17, 15) is 0 Å². The molecule has 2 heterocycles. The fraction of sp³-hybridized carbons (Fsp3) is 0.409. The summed E-state index contributed by atoms with van der Waals surface area (Å²) in [4.78, 5) is 8.89. The summed E-state index contributed by atoms with van der Waals surface area (Å²) < 4.78 is 11.2. The third-order valence-corrected chi connectivity index (χ3v) is 6.39. The van der Waals surface area contributed by atoms with E-state index in [1.165, 1.54) is 21.6 Å². The number of likely N-dealkylation sites (N-methyl/N-ethyl adjacent to an activating group) is 1. The number of ether oxygens (including phenoxy) is 2. The zero-order chi connectivity index (χ0) is 19.0. The molecule has 0 N–H and O–H groups in total. The largest absolute Gasteiger partial charge is 0.493 e. The van der Waals surface area contributed by atoms with Gasteiger partial charge in [-0.2, -0.15) is 0 Å². The molecule has 0 bridgehead atoms. The number of rotatable bonds is 4. The molecule has 0 amide bonds. The van der Waals surface area contributed by atoms with Crippen LogP contribution >= 0.6 is 11.8 Å². The summed E-state index contributed by atoms with van der Waals surface area (Å²) in [5.74, 6) is 1.95. The minimum absolute atomic E-state index is 0.321. The molecule has 2 aliphatic heterocycles. The molecule has 1 fully saturated rings. The van der Waals surface area contributed by atoms with Crippen molar-refractivity contribution in [1.29, 1.82) is 0 Å². The van der Waals surface area contributed by atoms with E-state index in [0.717, 1.165) is 36.7 Å². The quantitative estimate of drug-likeness (QED) is 0.747. The van der Waals surface area contributed by atoms with Crippen LogP contribution < -0.4 is 9.47 Å². The van der Waals surface area contributed by atoms with E-state index < -0.39 is 0 Å². The van der Waals surface area contributed by atoms with Crippen LogP contribution in [0.15, 0.2) is 46.3 Å². The van der Waals surface area contributed by atoms with Crippen molar-refractivity contribution in [2.45, 2.75) is 23.3 Å². The topological polar surface area (TPSA) is 34.1 Å². The van der Waals surface area contributed by atoms with Gasteiger partial charge in [0.05, 0.1) is 26.0 Å². The Morgan fingerprint density at radius 3 is 2.44 bits per heavy atom. The Hall–Kier alpha value is -1.98. The van der Waals surface area contributed by atoms with Crippen LogP contribution in [0.2, 0.25) is 0 Å². The van der Waals surface area contributed by atoms with Crippen LogP contribution in [0.25, 0.3) is 0 Å². The van der Waals surface area contributed by atoms with Crippen molar-refractivity contribution in [2.75, 3.05) is 40.6 Å². The maximum absolute atomic E-state index is 5.60. The van der Waals surface area contributed by atoms with Crippen molar-refractivity contribution >= 4 is 17.5 Å². The maximum atomic E-state index is 5.60. The van der Waals surface area contributed by atoms with Crippen LogP contribution in [0.4, 0.5) is 0 Å². The van der Waals surface area contributed by atoms with Crippen molar-refractivity contribution in [3.63, 3.8) is 0 Å². The molecular formula is C22H26N2O2S. The van der Waals surface area contributed by atoms with Crippen LogP contribution in [-0.2, 0) is 0 Å². The zero-order valence-corrected chi connectivity index (χ0v) is 17.2. The average molecular weight is 383 g/mol. The van der Waals surface area contributed by atoms with Gasteiger partial charge in [0.25, 0.3) is 0 Å². The molecule has 4 rings (SSSR count). The van der Waals surface area contributed by atoms with Crippen LogP contribution in [-0.4, -0.2) is 57.3 Å². The first-order valence-corrected chi connectivity index (χ1v) is 10.5. The van der Waals surface area contributed by atoms with E-state index in [2.05, 4.69) is 54.6 Å². The number of methoxy groups -OCH3 is 2. The second kappa shape index (κ2) is 7.56. The molecule has 2 aromatic carbocycles. The Morgan fingerprint density at radius 1 is 1.07 bits per heavy atom. The van der Waals surface area contributed by atoms with Crippen LogP contribution in [0, 0.1) is 0 Å². The van der Waals surface area contributed by atoms with Gasteiger partial charge in [0.1, 0.15) is 0 Å². The Labute approximate surface area is 165 Å². The van der Waals surface area contributed by atoms with Gasteiger partial charge in [-0.05, 0) is 56.1 Å². The summed E-state index contributed by atoms with van der Waals surface area (Å²) in [7, 11) is 5.58. The van der Waals surface area contributed by atoms with E-state index in [1.54, 1.807) is 26.0 Å². The summed E-state index contributed by atoms with van der Waals surface area (Å²) in [5.41, 5.74) is 4.73. The monoisotopic (exact) mass is 382 g/mol. The molecular weight excluding hydrogens is 356 g/mol. The van der Waals surface area contributed by atoms with Gasteiger partial charge in [-0.1, -0.05) is 12.1 Å². The number of hydrogen-bond acceptors (Lipinski definition) is 5. The molecule has 1 saturated heterocycles. The predicted molar refractivity (Wildman–Crippen MR) is 112 cm³/mol. The maximum Gasteiger partial charge on any atom is 0.161 e. The number of benzene rings is 2. The highest BCUT2D eigenvalue weighted by molar-refractivity contribution is 7.98. The lowest BCUT2D eigenvalue weighted by atomic mass is 9.79. The zero-order valence-electron chi connectivity index (χ0n) is 16.4. The third-order valence-electron chi connectivity index (χ3n) is 5.65. The molecule has 0 radical (unpaired) electrons. The van der Waals surface area contributed by atoms with Crippen molar-refractivity contribution in [3.05, 3.63) is 53.1 Å². The number of nitrogens with zero attached hydrogens (tertiary/aromatic N) is 2. The Morgan fingerprint density at radius 2 is 1.78 bits per heavy atom. The molecule has 4 nitrogen and oxygen atoms in total. The van der Waals surface area contributed by atoms with E-state index in [0.29, 0.717) is 12.0 Å². The van der Waals surface area contributed by atoms with Gasteiger partial charge >= 0.3 is 0 Å². The van der Waals surface area contributed by atoms with Gasteiger partial charge in [0.2, 0.25) is 0 Å². The molecule has 5 heteroatoms. The average Bonchev–Trinajstić information content (AvgIpc) is 2.72. The fourth-order valence-electron chi connectivity index (χ4n) is 4.18. The standard InChI is InChI=1S/C22H26N2O2S/c1-24-10-9-19-18(13-24)16-11-20(25-2)21(26-3)12-17(16)22(23-19)14-5-7-15(27-4)8-6-14/h5-8,11-12,18-19H,9-10,13H2,1-4H3/t18-,19-/m1/s1. The molecule has 0 unspecified atom stereocenters. The van der Waals surface area contributed by atoms with Gasteiger partial charge in [-0.3, -0.25) is 4.99 Å². The van der Waals surface area contributed by atoms with Crippen molar-refractivity contribution in [1.82, 2.24) is 4.90 Å². The van der Waals surface area contributed by atoms with Crippen molar-refractivity contribution in [2.24, 2.45) is 4.99 Å². The molecule has 142 valence electrons. The molecule has 2 aliphatic rings. The molecule has 0 aromatic heterocycles. The highest BCUT2D eigenvalue weighted by Crippen LogP contribution is 2.42. The molecule has 2 atom stereocenters. The van der Waals surface area contributed by atoms with Gasteiger partial charge < -0.3 is 14.4 Å². The van der Waals surface area contributed by atoms with Crippen LogP contribution in [0.3, 0.4) is 0 Å². The third kappa shape index (κ3) is 3.34. The van der Waals surface area contributed by atoms with Gasteiger partial charge in [0.15, 0.2) is 11.5 Å². The summed E-state index contributed by atoms with van der Waals surface area (Å²) in [5, 5.41) is 0. The minimum atomic E-state index is 0.321. The Bertz CT molecular complexity index is 863.